The summed E-state index contributed by atoms with van der Waals surface area (Å²) in [7, 11) is 0. The molecule has 0 amide bonds. The minimum absolute atomic E-state index is 0. The van der Waals surface area contributed by atoms with Crippen LogP contribution in [0.15, 0.2) is 0 Å². The molecule has 0 rings (SSSR count). The van der Waals surface area contributed by atoms with Crippen molar-refractivity contribution >= 4 is 17.9 Å². The number of hydrogen-bond donors (Lipinski definition) is 4. The fourth-order valence-electron chi connectivity index (χ4n) is 0.558. The fourth-order valence-corrected chi connectivity index (χ4v) is 0.558. The Labute approximate surface area is 89.2 Å². The van der Waals surface area contributed by atoms with Gasteiger partial charge in [-0.05, 0) is 0 Å². The zero-order valence-corrected chi connectivity index (χ0v) is 7.99. The summed E-state index contributed by atoms with van der Waals surface area (Å²) in [6, 6.07) is 0. The normalized spacial score (nSPS) is 13.2. The van der Waals surface area contributed by atoms with Crippen LogP contribution in [0.2, 0.25) is 0 Å². The zero-order valence-electron chi connectivity index (χ0n) is 7.99. The molecule has 0 spiro atoms. The van der Waals surface area contributed by atoms with Crippen molar-refractivity contribution in [3.8, 4) is 0 Å². The summed E-state index contributed by atoms with van der Waals surface area (Å²) in [5.41, 5.74) is 0. The topological polar surface area (TPSA) is 173 Å². The van der Waals surface area contributed by atoms with E-state index in [1.807, 2.05) is 0 Å². The van der Waals surface area contributed by atoms with Gasteiger partial charge in [-0.2, -0.15) is 0 Å². The van der Waals surface area contributed by atoms with Gasteiger partial charge in [0.1, 0.15) is 0 Å². The number of esters is 2. The van der Waals surface area contributed by atoms with Crippen LogP contribution in [0.4, 0.5) is 0 Å². The maximum absolute atomic E-state index is 10.8. The summed E-state index contributed by atoms with van der Waals surface area (Å²) >= 11 is 0. The number of ether oxygens (including phenoxy) is 1. The van der Waals surface area contributed by atoms with E-state index in [0.29, 0.717) is 0 Å². The molecule has 0 bridgehead atoms. The average Bonchev–Trinajstić information content (AvgIpc) is 2.15. The monoisotopic (exact) mass is 240 g/mol. The molecule has 0 radical (unpaired) electrons. The first-order valence-corrected chi connectivity index (χ1v) is 3.82. The van der Waals surface area contributed by atoms with Crippen molar-refractivity contribution in [3.63, 3.8) is 0 Å². The molecule has 0 aliphatic heterocycles. The number of aliphatic carboxylic acids is 1. The van der Waals surface area contributed by atoms with Gasteiger partial charge >= 0.3 is 17.9 Å². The van der Waals surface area contributed by atoms with Gasteiger partial charge in [0, 0.05) is 0 Å². The Bertz CT molecular complexity index is 261. The second-order valence-electron chi connectivity index (χ2n) is 2.55. The summed E-state index contributed by atoms with van der Waals surface area (Å²) in [4.78, 5) is 31.5. The van der Waals surface area contributed by atoms with Crippen LogP contribution < -0.4 is 0 Å². The lowest BCUT2D eigenvalue weighted by molar-refractivity contribution is -0.174. The fraction of sp³-hybridized carbons (Fsp3) is 0.571. The predicted octanol–water partition coefficient (Wildman–Crippen LogP) is -3.58. The third-order valence-corrected chi connectivity index (χ3v) is 1.29. The van der Waals surface area contributed by atoms with E-state index in [2.05, 4.69) is 4.74 Å². The summed E-state index contributed by atoms with van der Waals surface area (Å²) < 4.78 is 3.86. The molecule has 2 atom stereocenters. The molecular formula is C7H12O9. The maximum atomic E-state index is 10.8. The molecule has 6 N–H and O–H groups in total. The molecule has 0 saturated carbocycles. The van der Waals surface area contributed by atoms with Crippen molar-refractivity contribution < 1.29 is 45.0 Å². The molecular weight excluding hydrogens is 228 g/mol. The van der Waals surface area contributed by atoms with Gasteiger partial charge in [-0.1, -0.05) is 0 Å². The lowest BCUT2D eigenvalue weighted by Gasteiger charge is -2.09. The second-order valence-corrected chi connectivity index (χ2v) is 2.55. The SMILES string of the molecule is O.O=C(O)CC(O)C(=O)OC(=O)C(O)CO. The Morgan fingerprint density at radius 3 is 1.88 bits per heavy atom. The molecule has 0 heterocycles. The summed E-state index contributed by atoms with van der Waals surface area (Å²) in [6.07, 6.45) is -4.80. The van der Waals surface area contributed by atoms with E-state index < -0.39 is 43.1 Å². The van der Waals surface area contributed by atoms with E-state index in [1.54, 1.807) is 0 Å². The van der Waals surface area contributed by atoms with Gasteiger partial charge < -0.3 is 30.6 Å². The van der Waals surface area contributed by atoms with Gasteiger partial charge in [0.25, 0.3) is 0 Å². The lowest BCUT2D eigenvalue weighted by atomic mass is 10.2. The van der Waals surface area contributed by atoms with E-state index in [9.17, 15) is 14.4 Å². The zero-order chi connectivity index (χ0) is 12.0. The molecule has 9 heteroatoms. The highest BCUT2D eigenvalue weighted by atomic mass is 16.6. The highest BCUT2D eigenvalue weighted by Gasteiger charge is 2.25. The Morgan fingerprint density at radius 1 is 1.06 bits per heavy atom. The average molecular weight is 240 g/mol. The standard InChI is InChI=1S/C7H10O8.H2O/c8-2-4(10)7(14)15-6(13)3(9)1-5(11)12;/h3-4,8-10H,1-2H2,(H,11,12);1H2. The Morgan fingerprint density at radius 2 is 1.50 bits per heavy atom. The van der Waals surface area contributed by atoms with Crippen LogP contribution in [-0.4, -0.2) is 62.6 Å². The van der Waals surface area contributed by atoms with Gasteiger partial charge in [-0.15, -0.1) is 0 Å². The number of hydrogen-bond acceptors (Lipinski definition) is 7. The number of aliphatic hydroxyl groups excluding tert-OH is 3. The molecule has 0 aliphatic rings. The van der Waals surface area contributed by atoms with Crippen molar-refractivity contribution in [1.29, 1.82) is 0 Å². The van der Waals surface area contributed by atoms with Gasteiger partial charge in [-0.3, -0.25) is 4.79 Å². The lowest BCUT2D eigenvalue weighted by Crippen LogP contribution is -2.34. The van der Waals surface area contributed by atoms with Gasteiger partial charge in [0.2, 0.25) is 0 Å². The number of rotatable bonds is 5. The first-order chi connectivity index (χ1) is 6.88. The quantitative estimate of drug-likeness (QED) is 0.282. The molecule has 0 aromatic carbocycles. The molecule has 0 saturated heterocycles. The highest BCUT2D eigenvalue weighted by molar-refractivity contribution is 5.91. The minimum Gasteiger partial charge on any atom is -0.481 e. The smallest absolute Gasteiger partial charge is 0.345 e. The number of carbonyl (C=O) groups is 3. The third kappa shape index (κ3) is 6.03. The number of carboxylic acid groups (broad SMARTS) is 1. The molecule has 0 aromatic heterocycles. The first kappa shape index (κ1) is 16.9. The first-order valence-electron chi connectivity index (χ1n) is 3.82. The largest absolute Gasteiger partial charge is 0.481 e. The predicted molar refractivity (Wildman–Crippen MR) is 46.1 cm³/mol. The van der Waals surface area contributed by atoms with Crippen LogP contribution in [0.1, 0.15) is 6.42 Å². The molecule has 0 aromatic rings. The molecule has 16 heavy (non-hydrogen) atoms. The molecule has 9 nitrogen and oxygen atoms in total. The van der Waals surface area contributed by atoms with Crippen molar-refractivity contribution in [2.45, 2.75) is 18.6 Å². The summed E-state index contributed by atoms with van der Waals surface area (Å²) in [6.45, 7) is -0.943. The van der Waals surface area contributed by atoms with Crippen LogP contribution in [-0.2, 0) is 19.1 Å². The molecule has 2 unspecified atom stereocenters. The van der Waals surface area contributed by atoms with Gasteiger partial charge in [0.05, 0.1) is 13.0 Å². The molecule has 0 fully saturated rings. The van der Waals surface area contributed by atoms with Crippen molar-refractivity contribution in [1.82, 2.24) is 0 Å². The number of carboxylic acids is 1. The number of carbonyl (C=O) groups excluding carboxylic acids is 2. The van der Waals surface area contributed by atoms with Crippen molar-refractivity contribution in [2.24, 2.45) is 0 Å². The van der Waals surface area contributed by atoms with Crippen molar-refractivity contribution in [3.05, 3.63) is 0 Å². The van der Waals surface area contributed by atoms with Crippen LogP contribution in [0.5, 0.6) is 0 Å². The van der Waals surface area contributed by atoms with E-state index in [0.717, 1.165) is 0 Å². The molecule has 0 aliphatic carbocycles. The maximum Gasteiger partial charge on any atom is 0.345 e. The van der Waals surface area contributed by atoms with Crippen LogP contribution in [0.25, 0.3) is 0 Å². The second kappa shape index (κ2) is 7.70. The van der Waals surface area contributed by atoms with E-state index in [1.165, 1.54) is 0 Å². The Hall–Kier alpha value is -1.55. The summed E-state index contributed by atoms with van der Waals surface area (Å²) in [5.74, 6) is -4.39. The van der Waals surface area contributed by atoms with Crippen LogP contribution in [0.3, 0.4) is 0 Å². The van der Waals surface area contributed by atoms with E-state index >= 15 is 0 Å². The Balaban J connectivity index is 0. The van der Waals surface area contributed by atoms with E-state index in [4.69, 9.17) is 20.4 Å². The molecule has 94 valence electrons. The third-order valence-electron chi connectivity index (χ3n) is 1.29. The minimum atomic E-state index is -1.99. The van der Waals surface area contributed by atoms with Crippen LogP contribution >= 0.6 is 0 Å². The van der Waals surface area contributed by atoms with Gasteiger partial charge in [-0.25, -0.2) is 9.59 Å². The highest BCUT2D eigenvalue weighted by Crippen LogP contribution is 1.97. The van der Waals surface area contributed by atoms with Gasteiger partial charge in [0.15, 0.2) is 12.2 Å². The Kier molecular flexibility index (Phi) is 8.12. The van der Waals surface area contributed by atoms with E-state index in [-0.39, 0.29) is 5.48 Å². The van der Waals surface area contributed by atoms with Crippen LogP contribution in [0, 0.1) is 0 Å². The summed E-state index contributed by atoms with van der Waals surface area (Å²) in [5, 5.41) is 34.0. The number of aliphatic hydroxyl groups is 3. The van der Waals surface area contributed by atoms with Crippen molar-refractivity contribution in [2.75, 3.05) is 6.61 Å².